The molecule has 0 aromatic rings. The second-order valence-corrected chi connectivity index (χ2v) is 14.8. The molecule has 0 aromatic heterocycles. The van der Waals surface area contributed by atoms with Crippen molar-refractivity contribution in [2.75, 3.05) is 0 Å². The van der Waals surface area contributed by atoms with Gasteiger partial charge in [0.1, 0.15) is 5.78 Å². The Labute approximate surface area is 151 Å². The molecule has 2 aliphatic carbocycles. The van der Waals surface area contributed by atoms with Crippen molar-refractivity contribution in [2.45, 2.75) is 104 Å². The zero-order chi connectivity index (χ0) is 18.2. The van der Waals surface area contributed by atoms with Gasteiger partial charge >= 0.3 is 0 Å². The number of carbonyl (C=O) groups is 1. The van der Waals surface area contributed by atoms with E-state index >= 15 is 0 Å². The summed E-state index contributed by atoms with van der Waals surface area (Å²) >= 11 is 0. The van der Waals surface area contributed by atoms with E-state index in [1.54, 1.807) is 0 Å². The summed E-state index contributed by atoms with van der Waals surface area (Å²) in [4.78, 5) is 12.3. The van der Waals surface area contributed by atoms with Crippen LogP contribution in [0.4, 0.5) is 0 Å². The fourth-order valence-electron chi connectivity index (χ4n) is 5.84. The van der Waals surface area contributed by atoms with Crippen molar-refractivity contribution in [3.05, 3.63) is 0 Å². The minimum atomic E-state index is -1.48. The Morgan fingerprint density at radius 2 is 1.96 bits per heavy atom. The fourth-order valence-corrected chi connectivity index (χ4v) is 7.60. The van der Waals surface area contributed by atoms with Crippen molar-refractivity contribution >= 4 is 14.1 Å². The summed E-state index contributed by atoms with van der Waals surface area (Å²) in [6, 6.07) is 0. The topological polar surface area (TPSA) is 26.3 Å². The highest BCUT2D eigenvalue weighted by molar-refractivity contribution is 6.69. The van der Waals surface area contributed by atoms with Crippen molar-refractivity contribution in [3.63, 3.8) is 0 Å². The molecule has 2 nitrogen and oxygen atoms in total. The van der Waals surface area contributed by atoms with Gasteiger partial charge < -0.3 is 4.43 Å². The van der Waals surface area contributed by atoms with Gasteiger partial charge in [-0.15, -0.1) is 0 Å². The van der Waals surface area contributed by atoms with Crippen LogP contribution in [0.3, 0.4) is 0 Å². The van der Waals surface area contributed by atoms with Crippen LogP contribution < -0.4 is 0 Å². The van der Waals surface area contributed by atoms with Crippen LogP contribution in [0.5, 0.6) is 0 Å². The van der Waals surface area contributed by atoms with E-state index in [2.05, 4.69) is 47.3 Å². The minimum Gasteiger partial charge on any atom is -0.413 e. The Kier molecular flexibility index (Phi) is 6.07. The van der Waals surface area contributed by atoms with Gasteiger partial charge in [-0.1, -0.05) is 26.7 Å². The maximum absolute atomic E-state index is 12.3. The van der Waals surface area contributed by atoms with Crippen molar-refractivity contribution in [1.82, 2.24) is 0 Å². The smallest absolute Gasteiger partial charge is 0.184 e. The third kappa shape index (κ3) is 4.72. The summed E-state index contributed by atoms with van der Waals surface area (Å²) in [6.07, 6.45) is 9.30. The summed E-state index contributed by atoms with van der Waals surface area (Å²) < 4.78 is 6.35. The van der Waals surface area contributed by atoms with E-state index in [1.165, 1.54) is 25.7 Å². The first-order chi connectivity index (χ1) is 10.9. The summed E-state index contributed by atoms with van der Waals surface area (Å²) in [5, 5.41) is 0. The lowest BCUT2D eigenvalue weighted by molar-refractivity contribution is -0.130. The number of hydrogen-bond donors (Lipinski definition) is 0. The van der Waals surface area contributed by atoms with Gasteiger partial charge in [0.15, 0.2) is 8.32 Å². The van der Waals surface area contributed by atoms with Gasteiger partial charge in [-0.3, -0.25) is 4.79 Å². The van der Waals surface area contributed by atoms with Crippen LogP contribution in [0.15, 0.2) is 0 Å². The van der Waals surface area contributed by atoms with Crippen LogP contribution in [-0.2, 0) is 9.22 Å². The van der Waals surface area contributed by atoms with E-state index in [-0.39, 0.29) is 5.60 Å². The molecule has 2 aliphatic rings. The van der Waals surface area contributed by atoms with Crippen LogP contribution in [0.25, 0.3) is 0 Å². The fraction of sp³-hybridized carbons (Fsp3) is 0.952. The SMILES string of the molecule is C[C@@H](CCCC(C)(C)O[Si](C)(C)C)[C@H]1CCC2C(=O)CCC[C@@]21C. The molecule has 4 atom stereocenters. The van der Waals surface area contributed by atoms with Crippen LogP contribution in [-0.4, -0.2) is 19.7 Å². The first-order valence-electron chi connectivity index (χ1n) is 10.2. The summed E-state index contributed by atoms with van der Waals surface area (Å²) in [7, 11) is -1.48. The molecule has 3 heteroatoms. The molecule has 140 valence electrons. The highest BCUT2D eigenvalue weighted by Crippen LogP contribution is 2.57. The third-order valence-electron chi connectivity index (χ3n) is 6.64. The van der Waals surface area contributed by atoms with E-state index in [0.29, 0.717) is 17.1 Å². The standard InChI is InChI=1S/C21H40O2Si/c1-16(10-8-14-20(2,3)23-24(5,6)7)17-12-13-18-19(22)11-9-15-21(17,18)4/h16-18H,8-15H2,1-7H3/t16-,17+,18?,21+/m0/s1. The predicted molar refractivity (Wildman–Crippen MR) is 105 cm³/mol. The second kappa shape index (κ2) is 7.23. The Bertz CT molecular complexity index is 451. The molecule has 2 saturated carbocycles. The zero-order valence-corrected chi connectivity index (χ0v) is 18.2. The maximum Gasteiger partial charge on any atom is 0.184 e. The Morgan fingerprint density at radius 1 is 1.29 bits per heavy atom. The van der Waals surface area contributed by atoms with Crippen LogP contribution in [0.2, 0.25) is 19.6 Å². The summed E-state index contributed by atoms with van der Waals surface area (Å²) in [5.74, 6) is 2.40. The molecule has 0 aromatic carbocycles. The molecule has 0 aliphatic heterocycles. The molecule has 0 radical (unpaired) electrons. The third-order valence-corrected chi connectivity index (χ3v) is 7.81. The molecular weight excluding hydrogens is 312 g/mol. The molecule has 24 heavy (non-hydrogen) atoms. The van der Waals surface area contributed by atoms with Gasteiger partial charge in [0, 0.05) is 12.3 Å². The molecule has 2 fully saturated rings. The van der Waals surface area contributed by atoms with Gasteiger partial charge in [0.25, 0.3) is 0 Å². The molecule has 0 N–H and O–H groups in total. The van der Waals surface area contributed by atoms with Crippen molar-refractivity contribution in [3.8, 4) is 0 Å². The van der Waals surface area contributed by atoms with Crippen molar-refractivity contribution in [1.29, 1.82) is 0 Å². The van der Waals surface area contributed by atoms with Crippen LogP contribution >= 0.6 is 0 Å². The number of rotatable bonds is 7. The quantitative estimate of drug-likeness (QED) is 0.509. The zero-order valence-electron chi connectivity index (χ0n) is 17.2. The number of Topliss-reactive ketones (excluding diaryl/α,β-unsaturated/α-hetero) is 1. The molecular formula is C21H40O2Si. The van der Waals surface area contributed by atoms with Crippen LogP contribution in [0, 0.1) is 23.2 Å². The van der Waals surface area contributed by atoms with Gasteiger partial charge in [-0.25, -0.2) is 0 Å². The predicted octanol–water partition coefficient (Wildman–Crippen LogP) is 6.21. The Morgan fingerprint density at radius 3 is 2.58 bits per heavy atom. The average Bonchev–Trinajstić information content (AvgIpc) is 2.74. The normalized spacial score (nSPS) is 32.7. The van der Waals surface area contributed by atoms with Gasteiger partial charge in [0.2, 0.25) is 0 Å². The van der Waals surface area contributed by atoms with E-state index in [0.717, 1.165) is 37.5 Å². The summed E-state index contributed by atoms with van der Waals surface area (Å²) in [5.41, 5.74) is 0.298. The molecule has 2 rings (SSSR count). The van der Waals surface area contributed by atoms with Gasteiger partial charge in [-0.05, 0) is 82.8 Å². The molecule has 1 unspecified atom stereocenters. The van der Waals surface area contributed by atoms with Gasteiger partial charge in [0.05, 0.1) is 5.60 Å². The van der Waals surface area contributed by atoms with Crippen molar-refractivity contribution in [2.24, 2.45) is 23.2 Å². The molecule has 0 amide bonds. The number of carbonyl (C=O) groups excluding carboxylic acids is 1. The van der Waals surface area contributed by atoms with E-state index in [9.17, 15) is 4.79 Å². The van der Waals surface area contributed by atoms with E-state index in [1.807, 2.05) is 0 Å². The first-order valence-corrected chi connectivity index (χ1v) is 13.6. The Balaban J connectivity index is 1.87. The maximum atomic E-state index is 12.3. The van der Waals surface area contributed by atoms with Crippen LogP contribution in [0.1, 0.15) is 79.1 Å². The monoisotopic (exact) mass is 352 g/mol. The number of ketones is 1. The molecule has 0 bridgehead atoms. The molecule has 0 saturated heterocycles. The highest BCUT2D eigenvalue weighted by Gasteiger charge is 2.52. The lowest BCUT2D eigenvalue weighted by Gasteiger charge is -2.42. The molecule has 0 heterocycles. The first kappa shape index (κ1) is 20.2. The van der Waals surface area contributed by atoms with Crippen molar-refractivity contribution < 1.29 is 9.22 Å². The Hall–Kier alpha value is -0.153. The minimum absolute atomic E-state index is 0.00705. The lowest BCUT2D eigenvalue weighted by atomic mass is 9.62. The van der Waals surface area contributed by atoms with Gasteiger partial charge in [-0.2, -0.15) is 0 Å². The molecule has 0 spiro atoms. The number of fused-ring (bicyclic) bond motifs is 1. The summed E-state index contributed by atoms with van der Waals surface area (Å²) in [6.45, 7) is 16.2. The van der Waals surface area contributed by atoms with E-state index < -0.39 is 8.32 Å². The lowest BCUT2D eigenvalue weighted by Crippen LogP contribution is -2.39. The van der Waals surface area contributed by atoms with E-state index in [4.69, 9.17) is 4.43 Å². The number of hydrogen-bond acceptors (Lipinski definition) is 2. The largest absolute Gasteiger partial charge is 0.413 e. The highest BCUT2D eigenvalue weighted by atomic mass is 28.4. The second-order valence-electron chi connectivity index (χ2n) is 10.4. The average molecular weight is 353 g/mol.